The summed E-state index contributed by atoms with van der Waals surface area (Å²) in [5.74, 6) is 0.0367. The molecule has 0 aromatic heterocycles. The number of nitrogens with one attached hydrogen (secondary N) is 2. The Bertz CT molecular complexity index is 745. The summed E-state index contributed by atoms with van der Waals surface area (Å²) in [5, 5.41) is 2.37. The second-order valence-corrected chi connectivity index (χ2v) is 9.36. The highest BCUT2D eigenvalue weighted by Gasteiger charge is 2.19. The monoisotopic (exact) mass is 395 g/mol. The van der Waals surface area contributed by atoms with E-state index in [2.05, 4.69) is 10.0 Å². The fourth-order valence-electron chi connectivity index (χ4n) is 2.82. The second kappa shape index (κ2) is 9.85. The molecule has 0 aliphatic carbocycles. The molecule has 0 spiro atoms. The molecule has 1 aromatic carbocycles. The summed E-state index contributed by atoms with van der Waals surface area (Å²) in [6.07, 6.45) is 4.09. The van der Waals surface area contributed by atoms with Gasteiger partial charge in [-0.1, -0.05) is 0 Å². The summed E-state index contributed by atoms with van der Waals surface area (Å²) >= 11 is 0. The van der Waals surface area contributed by atoms with Crippen LogP contribution in [-0.4, -0.2) is 38.6 Å². The van der Waals surface area contributed by atoms with Crippen LogP contribution in [0.5, 0.6) is 0 Å². The van der Waals surface area contributed by atoms with Crippen molar-refractivity contribution in [3.8, 4) is 0 Å². The summed E-state index contributed by atoms with van der Waals surface area (Å²) in [6.45, 7) is 4.34. The number of piperidine rings is 1. The number of carbonyl (C=O) groups is 2. The highest BCUT2D eigenvalue weighted by atomic mass is 32.2. The largest absolute Gasteiger partial charge is 0.326 e. The Labute approximate surface area is 161 Å². The molecule has 0 unspecified atom stereocenters. The first-order chi connectivity index (χ1) is 12.8. The fraction of sp³-hybridized carbons (Fsp3) is 0.579. The van der Waals surface area contributed by atoms with Crippen molar-refractivity contribution in [2.75, 3.05) is 23.3 Å². The zero-order chi connectivity index (χ0) is 19.9. The van der Waals surface area contributed by atoms with E-state index in [0.717, 1.165) is 25.1 Å². The summed E-state index contributed by atoms with van der Waals surface area (Å²) in [6, 6.07) is 7.29. The summed E-state index contributed by atoms with van der Waals surface area (Å²) in [5.41, 5.74) is 1.55. The number of benzene rings is 1. The first-order valence-corrected chi connectivity index (χ1v) is 11.0. The molecule has 0 atom stereocenters. The number of hydrogen-bond donors (Lipinski definition) is 2. The van der Waals surface area contributed by atoms with Gasteiger partial charge in [-0.2, -0.15) is 0 Å². The van der Waals surface area contributed by atoms with Gasteiger partial charge in [0.15, 0.2) is 0 Å². The lowest BCUT2D eigenvalue weighted by atomic mass is 10.1. The van der Waals surface area contributed by atoms with Gasteiger partial charge in [0.05, 0.1) is 5.25 Å². The molecule has 8 heteroatoms. The molecule has 1 heterocycles. The molecule has 0 bridgehead atoms. The highest BCUT2D eigenvalue weighted by Crippen LogP contribution is 2.22. The highest BCUT2D eigenvalue weighted by molar-refractivity contribution is 7.90. The summed E-state index contributed by atoms with van der Waals surface area (Å²) in [4.78, 5) is 25.7. The van der Waals surface area contributed by atoms with Gasteiger partial charge in [-0.25, -0.2) is 13.1 Å². The predicted molar refractivity (Wildman–Crippen MR) is 107 cm³/mol. The van der Waals surface area contributed by atoms with E-state index in [4.69, 9.17) is 0 Å². The van der Waals surface area contributed by atoms with E-state index in [1.54, 1.807) is 30.9 Å². The molecular weight excluding hydrogens is 366 g/mol. The van der Waals surface area contributed by atoms with Crippen molar-refractivity contribution >= 4 is 33.2 Å². The Balaban J connectivity index is 1.72. The van der Waals surface area contributed by atoms with Gasteiger partial charge in [0, 0.05) is 37.3 Å². The standard InChI is InChI=1S/C19H29N3O4S/c1-15(2)27(25,26)20-13-5-3-7-18(23)21-16-9-11-17(12-10-16)22-14-6-4-8-19(22)24/h9-12,15,20H,3-8,13-14H2,1-2H3,(H,21,23). The van der Waals surface area contributed by atoms with Crippen molar-refractivity contribution in [1.29, 1.82) is 0 Å². The van der Waals surface area contributed by atoms with Crippen LogP contribution in [0.25, 0.3) is 0 Å². The molecule has 1 saturated heterocycles. The average molecular weight is 396 g/mol. The van der Waals surface area contributed by atoms with E-state index >= 15 is 0 Å². The summed E-state index contributed by atoms with van der Waals surface area (Å²) in [7, 11) is -3.24. The Morgan fingerprint density at radius 3 is 2.48 bits per heavy atom. The maximum absolute atomic E-state index is 12.0. The minimum absolute atomic E-state index is 0.108. The van der Waals surface area contributed by atoms with E-state index in [0.29, 0.717) is 37.9 Å². The van der Waals surface area contributed by atoms with Crippen LogP contribution in [0.1, 0.15) is 52.4 Å². The molecule has 2 N–H and O–H groups in total. The molecule has 150 valence electrons. The quantitative estimate of drug-likeness (QED) is 0.628. The number of sulfonamides is 1. The van der Waals surface area contributed by atoms with E-state index in [1.807, 2.05) is 12.1 Å². The van der Waals surface area contributed by atoms with Gasteiger partial charge >= 0.3 is 0 Å². The second-order valence-electron chi connectivity index (χ2n) is 7.04. The third-order valence-corrected chi connectivity index (χ3v) is 6.39. The van der Waals surface area contributed by atoms with Gasteiger partial charge < -0.3 is 10.2 Å². The maximum atomic E-state index is 12.0. The molecule has 1 aliphatic heterocycles. The van der Waals surface area contributed by atoms with Gasteiger partial charge in [0.25, 0.3) is 0 Å². The third-order valence-electron chi connectivity index (χ3n) is 4.54. The molecule has 2 amide bonds. The number of anilines is 2. The van der Waals surface area contributed by atoms with Crippen molar-refractivity contribution in [1.82, 2.24) is 4.72 Å². The molecular formula is C19H29N3O4S. The minimum atomic E-state index is -3.24. The number of rotatable bonds is 9. The van der Waals surface area contributed by atoms with Crippen LogP contribution in [0, 0.1) is 0 Å². The smallest absolute Gasteiger partial charge is 0.226 e. The SMILES string of the molecule is CC(C)S(=O)(=O)NCCCCC(=O)Nc1ccc(N2CCCCC2=O)cc1. The summed E-state index contributed by atoms with van der Waals surface area (Å²) < 4.78 is 25.8. The Hall–Kier alpha value is -1.93. The van der Waals surface area contributed by atoms with Gasteiger partial charge in [0.2, 0.25) is 21.8 Å². The number of unbranched alkanes of at least 4 members (excludes halogenated alkanes) is 1. The van der Waals surface area contributed by atoms with Crippen LogP contribution in [-0.2, 0) is 19.6 Å². The number of nitrogens with zero attached hydrogens (tertiary/aromatic N) is 1. The van der Waals surface area contributed by atoms with Crippen LogP contribution in [0.2, 0.25) is 0 Å². The number of hydrogen-bond acceptors (Lipinski definition) is 4. The van der Waals surface area contributed by atoms with Gasteiger partial charge in [-0.3, -0.25) is 9.59 Å². The van der Waals surface area contributed by atoms with Crippen LogP contribution in [0.15, 0.2) is 24.3 Å². The van der Waals surface area contributed by atoms with Gasteiger partial charge in [-0.05, 0) is 63.8 Å². The molecule has 7 nitrogen and oxygen atoms in total. The molecule has 2 rings (SSSR count). The Morgan fingerprint density at radius 2 is 1.85 bits per heavy atom. The van der Waals surface area contributed by atoms with E-state index in [-0.39, 0.29) is 11.8 Å². The fourth-order valence-corrected chi connectivity index (χ4v) is 3.58. The first kappa shape index (κ1) is 21.4. The molecule has 1 fully saturated rings. The van der Waals surface area contributed by atoms with Crippen LogP contribution in [0.3, 0.4) is 0 Å². The van der Waals surface area contributed by atoms with Crippen molar-refractivity contribution in [2.24, 2.45) is 0 Å². The molecule has 1 aliphatic rings. The lowest BCUT2D eigenvalue weighted by Gasteiger charge is -2.26. The molecule has 0 radical (unpaired) electrons. The predicted octanol–water partition coefficient (Wildman–Crippen LogP) is 2.64. The molecule has 1 aromatic rings. The average Bonchev–Trinajstić information content (AvgIpc) is 2.62. The number of carbonyl (C=O) groups excluding carboxylic acids is 2. The zero-order valence-corrected chi connectivity index (χ0v) is 16.8. The lowest BCUT2D eigenvalue weighted by molar-refractivity contribution is -0.119. The van der Waals surface area contributed by atoms with E-state index < -0.39 is 15.3 Å². The van der Waals surface area contributed by atoms with Gasteiger partial charge in [-0.15, -0.1) is 0 Å². The Kier molecular flexibility index (Phi) is 7.79. The first-order valence-electron chi connectivity index (χ1n) is 9.48. The Morgan fingerprint density at radius 1 is 1.15 bits per heavy atom. The minimum Gasteiger partial charge on any atom is -0.326 e. The van der Waals surface area contributed by atoms with Crippen LogP contribution >= 0.6 is 0 Å². The topological polar surface area (TPSA) is 95.6 Å². The molecule has 0 saturated carbocycles. The van der Waals surface area contributed by atoms with Crippen molar-refractivity contribution < 1.29 is 18.0 Å². The van der Waals surface area contributed by atoms with Crippen molar-refractivity contribution in [3.05, 3.63) is 24.3 Å². The third kappa shape index (κ3) is 6.62. The van der Waals surface area contributed by atoms with Crippen molar-refractivity contribution in [2.45, 2.75) is 57.6 Å². The zero-order valence-electron chi connectivity index (χ0n) is 16.0. The normalized spacial score (nSPS) is 15.2. The number of amides is 2. The maximum Gasteiger partial charge on any atom is 0.226 e. The van der Waals surface area contributed by atoms with Crippen LogP contribution in [0.4, 0.5) is 11.4 Å². The molecule has 27 heavy (non-hydrogen) atoms. The van der Waals surface area contributed by atoms with Crippen LogP contribution < -0.4 is 14.9 Å². The van der Waals surface area contributed by atoms with E-state index in [1.165, 1.54) is 0 Å². The van der Waals surface area contributed by atoms with Gasteiger partial charge in [0.1, 0.15) is 0 Å². The van der Waals surface area contributed by atoms with Crippen molar-refractivity contribution in [3.63, 3.8) is 0 Å². The lowest BCUT2D eigenvalue weighted by Crippen LogP contribution is -2.35. The van der Waals surface area contributed by atoms with E-state index in [9.17, 15) is 18.0 Å².